The summed E-state index contributed by atoms with van der Waals surface area (Å²) < 4.78 is 0. The van der Waals surface area contributed by atoms with Gasteiger partial charge in [0.05, 0.1) is 11.4 Å². The first-order chi connectivity index (χ1) is 14.5. The van der Waals surface area contributed by atoms with Crippen LogP contribution in [-0.2, 0) is 11.2 Å². The van der Waals surface area contributed by atoms with Crippen LogP contribution in [0.4, 0.5) is 11.5 Å². The molecule has 2 aromatic heterocycles. The summed E-state index contributed by atoms with van der Waals surface area (Å²) in [5.41, 5.74) is 4.86. The van der Waals surface area contributed by atoms with Crippen LogP contribution < -0.4 is 15.5 Å². The minimum atomic E-state index is -0.173. The number of nitrogens with zero attached hydrogens (tertiary/aromatic N) is 3. The van der Waals surface area contributed by atoms with E-state index in [1.165, 1.54) is 5.57 Å². The zero-order chi connectivity index (χ0) is 21.5. The van der Waals surface area contributed by atoms with Gasteiger partial charge in [0.2, 0.25) is 5.91 Å². The van der Waals surface area contributed by atoms with E-state index in [9.17, 15) is 9.59 Å². The molecule has 1 aliphatic heterocycles. The molecular weight excluding hydrogens is 378 g/mol. The van der Waals surface area contributed by atoms with Gasteiger partial charge in [0, 0.05) is 32.8 Å². The van der Waals surface area contributed by atoms with E-state index >= 15 is 0 Å². The van der Waals surface area contributed by atoms with Gasteiger partial charge in [-0.15, -0.1) is 0 Å². The van der Waals surface area contributed by atoms with Gasteiger partial charge in [-0.05, 0) is 56.0 Å². The smallest absolute Gasteiger partial charge is 0.269 e. The highest BCUT2D eigenvalue weighted by Crippen LogP contribution is 2.24. The second kappa shape index (κ2) is 10.0. The predicted molar refractivity (Wildman–Crippen MR) is 119 cm³/mol. The van der Waals surface area contributed by atoms with Gasteiger partial charge >= 0.3 is 0 Å². The fourth-order valence-corrected chi connectivity index (χ4v) is 3.58. The van der Waals surface area contributed by atoms with Gasteiger partial charge in [-0.2, -0.15) is 0 Å². The van der Waals surface area contributed by atoms with E-state index in [1.807, 2.05) is 32.0 Å². The van der Waals surface area contributed by atoms with Crippen LogP contribution in [0.5, 0.6) is 0 Å². The van der Waals surface area contributed by atoms with Crippen LogP contribution in [0, 0.1) is 6.92 Å². The summed E-state index contributed by atoms with van der Waals surface area (Å²) in [6.45, 7) is 5.63. The van der Waals surface area contributed by atoms with Gasteiger partial charge in [-0.1, -0.05) is 18.6 Å². The fraction of sp³-hybridized carbons (Fsp3) is 0.391. The molecule has 0 unspecified atom stereocenters. The Labute approximate surface area is 177 Å². The van der Waals surface area contributed by atoms with Crippen LogP contribution in [0.25, 0.3) is 0 Å². The molecule has 0 saturated carbocycles. The topological polar surface area (TPSA) is 87.2 Å². The maximum Gasteiger partial charge on any atom is 0.269 e. The summed E-state index contributed by atoms with van der Waals surface area (Å²) in [7, 11) is 1.61. The van der Waals surface area contributed by atoms with Crippen LogP contribution in [0.15, 0.2) is 42.1 Å². The lowest BCUT2D eigenvalue weighted by molar-refractivity contribution is -0.116. The minimum Gasteiger partial charge on any atom is -0.366 e. The molecule has 7 heteroatoms. The molecule has 3 heterocycles. The Balaban J connectivity index is 1.63. The van der Waals surface area contributed by atoms with Gasteiger partial charge in [0.15, 0.2) is 0 Å². The van der Waals surface area contributed by atoms with Gasteiger partial charge in [-0.25, -0.2) is 9.97 Å². The minimum absolute atomic E-state index is 0.00101. The van der Waals surface area contributed by atoms with Crippen molar-refractivity contribution >= 4 is 23.3 Å². The first-order valence-electron chi connectivity index (χ1n) is 10.4. The number of hydrogen-bond donors (Lipinski definition) is 2. The lowest BCUT2D eigenvalue weighted by atomic mass is 9.99. The highest BCUT2D eigenvalue weighted by atomic mass is 16.2. The zero-order valence-electron chi connectivity index (χ0n) is 17.9. The molecule has 1 aliphatic rings. The highest BCUT2D eigenvalue weighted by Gasteiger charge is 2.16. The van der Waals surface area contributed by atoms with E-state index in [0.717, 1.165) is 49.3 Å². The standard InChI is InChI=1S/C23H29N5O2/c1-4-5-22(29)27-21-15-18(8-11-25-21)14-17-9-12-28(13-10-17)20-7-6-19(23(30)24-3)26-16(20)2/h6-9,11,15H,4-5,10,12-14H2,1-3H3,(H,24,30)(H,25,27,29). The lowest BCUT2D eigenvalue weighted by Gasteiger charge is -2.29. The molecule has 0 bridgehead atoms. The number of carbonyl (C=O) groups excluding carboxylic acids is 2. The van der Waals surface area contributed by atoms with Crippen molar-refractivity contribution in [1.82, 2.24) is 15.3 Å². The van der Waals surface area contributed by atoms with Crippen LogP contribution >= 0.6 is 0 Å². The fourth-order valence-electron chi connectivity index (χ4n) is 3.58. The number of amides is 2. The quantitative estimate of drug-likeness (QED) is 0.688. The van der Waals surface area contributed by atoms with E-state index in [4.69, 9.17) is 0 Å². The number of hydrogen-bond acceptors (Lipinski definition) is 5. The van der Waals surface area contributed by atoms with Crippen molar-refractivity contribution in [3.05, 3.63) is 59.1 Å². The van der Waals surface area contributed by atoms with E-state index in [2.05, 4.69) is 31.6 Å². The summed E-state index contributed by atoms with van der Waals surface area (Å²) in [4.78, 5) is 34.5. The van der Waals surface area contributed by atoms with Crippen molar-refractivity contribution in [2.45, 2.75) is 39.5 Å². The summed E-state index contributed by atoms with van der Waals surface area (Å²) >= 11 is 0. The number of aryl methyl sites for hydroxylation is 1. The number of rotatable bonds is 7. The molecular formula is C23H29N5O2. The second-order valence-corrected chi connectivity index (χ2v) is 7.46. The van der Waals surface area contributed by atoms with Crippen molar-refractivity contribution in [2.24, 2.45) is 0 Å². The molecule has 0 radical (unpaired) electrons. The summed E-state index contributed by atoms with van der Waals surface area (Å²) in [6, 6.07) is 7.69. The molecule has 2 N–H and O–H groups in total. The number of anilines is 2. The van der Waals surface area contributed by atoms with Crippen molar-refractivity contribution < 1.29 is 9.59 Å². The average Bonchev–Trinajstić information content (AvgIpc) is 2.74. The molecule has 158 valence electrons. The summed E-state index contributed by atoms with van der Waals surface area (Å²) in [5, 5.41) is 5.46. The van der Waals surface area contributed by atoms with Crippen LogP contribution in [0.2, 0.25) is 0 Å². The Kier molecular flexibility index (Phi) is 7.17. The molecule has 2 aromatic rings. The zero-order valence-corrected chi connectivity index (χ0v) is 17.9. The van der Waals surface area contributed by atoms with Crippen molar-refractivity contribution in [1.29, 1.82) is 0 Å². The Hall–Kier alpha value is -3.22. The van der Waals surface area contributed by atoms with Gasteiger partial charge in [0.1, 0.15) is 11.5 Å². The molecule has 30 heavy (non-hydrogen) atoms. The molecule has 7 nitrogen and oxygen atoms in total. The largest absolute Gasteiger partial charge is 0.366 e. The van der Waals surface area contributed by atoms with Crippen LogP contribution in [-0.4, -0.2) is 41.9 Å². The van der Waals surface area contributed by atoms with Gasteiger partial charge in [-0.3, -0.25) is 9.59 Å². The number of carbonyl (C=O) groups is 2. The third-order valence-electron chi connectivity index (χ3n) is 5.16. The van der Waals surface area contributed by atoms with E-state index < -0.39 is 0 Å². The molecule has 0 aliphatic carbocycles. The van der Waals surface area contributed by atoms with E-state index in [-0.39, 0.29) is 11.8 Å². The lowest BCUT2D eigenvalue weighted by Crippen LogP contribution is -2.30. The molecule has 0 atom stereocenters. The first-order valence-corrected chi connectivity index (χ1v) is 10.4. The highest BCUT2D eigenvalue weighted by molar-refractivity contribution is 5.92. The predicted octanol–water partition coefficient (Wildman–Crippen LogP) is 3.26. The van der Waals surface area contributed by atoms with Crippen molar-refractivity contribution in [2.75, 3.05) is 30.4 Å². The van der Waals surface area contributed by atoms with Crippen molar-refractivity contribution in [3.8, 4) is 0 Å². The summed E-state index contributed by atoms with van der Waals surface area (Å²) in [6.07, 6.45) is 7.13. The number of pyridine rings is 2. The first kappa shape index (κ1) is 21.5. The average molecular weight is 408 g/mol. The molecule has 0 fully saturated rings. The van der Waals surface area contributed by atoms with Gasteiger partial charge in [0.25, 0.3) is 5.91 Å². The monoisotopic (exact) mass is 407 g/mol. The maximum atomic E-state index is 11.8. The molecule has 0 saturated heterocycles. The van der Waals surface area contributed by atoms with Crippen LogP contribution in [0.3, 0.4) is 0 Å². The molecule has 3 rings (SSSR count). The van der Waals surface area contributed by atoms with Crippen LogP contribution in [0.1, 0.15) is 47.9 Å². The normalized spacial score (nSPS) is 13.6. The van der Waals surface area contributed by atoms with Crippen molar-refractivity contribution in [3.63, 3.8) is 0 Å². The SMILES string of the molecule is CCCC(=O)Nc1cc(CC2=CCN(c3ccc(C(=O)NC)nc3C)CC2)ccn1. The third-order valence-corrected chi connectivity index (χ3v) is 5.16. The number of aromatic nitrogens is 2. The molecule has 0 aromatic carbocycles. The number of nitrogens with one attached hydrogen (secondary N) is 2. The Morgan fingerprint density at radius 3 is 2.73 bits per heavy atom. The van der Waals surface area contributed by atoms with E-state index in [1.54, 1.807) is 19.3 Å². The maximum absolute atomic E-state index is 11.8. The molecule has 0 spiro atoms. The van der Waals surface area contributed by atoms with Gasteiger partial charge < -0.3 is 15.5 Å². The molecule has 2 amide bonds. The Morgan fingerprint density at radius 2 is 2.07 bits per heavy atom. The third kappa shape index (κ3) is 5.43. The summed E-state index contributed by atoms with van der Waals surface area (Å²) in [5.74, 6) is 0.441. The Morgan fingerprint density at radius 1 is 1.23 bits per heavy atom. The van der Waals surface area contributed by atoms with E-state index in [0.29, 0.717) is 17.9 Å². The second-order valence-electron chi connectivity index (χ2n) is 7.46. The Bertz CT molecular complexity index is 954.